The Morgan fingerprint density at radius 3 is 2.57 bits per heavy atom. The van der Waals surface area contributed by atoms with E-state index in [0.717, 1.165) is 29.3 Å². The van der Waals surface area contributed by atoms with Crippen LogP contribution in [0.4, 0.5) is 0 Å². The van der Waals surface area contributed by atoms with Crippen LogP contribution in [0, 0.1) is 5.92 Å². The van der Waals surface area contributed by atoms with Gasteiger partial charge in [0.25, 0.3) is 0 Å². The molecule has 0 aliphatic carbocycles. The summed E-state index contributed by atoms with van der Waals surface area (Å²) in [5, 5.41) is 10.3. The van der Waals surface area contributed by atoms with Crippen LogP contribution in [0.5, 0.6) is 5.88 Å². The van der Waals surface area contributed by atoms with Crippen LogP contribution in [-0.2, 0) is 20.7 Å². The summed E-state index contributed by atoms with van der Waals surface area (Å²) in [5.41, 5.74) is 4.37. The zero-order chi connectivity index (χ0) is 24.5. The highest BCUT2D eigenvalue weighted by atomic mass is 79.9. The first-order chi connectivity index (χ1) is 16.9. The summed E-state index contributed by atoms with van der Waals surface area (Å²) in [6.07, 6.45) is 1.76. The van der Waals surface area contributed by atoms with Crippen LogP contribution in [0.3, 0.4) is 0 Å². The number of aromatic nitrogens is 2. The van der Waals surface area contributed by atoms with Crippen LogP contribution in [0.15, 0.2) is 59.1 Å². The molecule has 1 aliphatic heterocycles. The quantitative estimate of drug-likeness (QED) is 0.326. The number of pyridine rings is 1. The molecule has 1 unspecified atom stereocenters. The average molecular weight is 537 g/mol. The molecule has 35 heavy (non-hydrogen) atoms. The van der Waals surface area contributed by atoms with Crippen molar-refractivity contribution in [3.8, 4) is 5.88 Å². The highest BCUT2D eigenvalue weighted by Gasteiger charge is 2.30. The number of hydrogen-bond donors (Lipinski definition) is 1. The molecule has 8 heteroatoms. The molecular weight excluding hydrogens is 512 g/mol. The number of carbonyl (C=O) groups excluding carboxylic acids is 1. The molecule has 1 fully saturated rings. The second kappa shape index (κ2) is 9.79. The molecular formula is C27H25BrN2O5. The van der Waals surface area contributed by atoms with Gasteiger partial charge in [-0.3, -0.25) is 9.59 Å². The Kier molecular flexibility index (Phi) is 6.58. The van der Waals surface area contributed by atoms with Crippen LogP contribution < -0.4 is 4.74 Å². The lowest BCUT2D eigenvalue weighted by atomic mass is 9.86. The van der Waals surface area contributed by atoms with Crippen molar-refractivity contribution in [2.45, 2.75) is 32.2 Å². The van der Waals surface area contributed by atoms with Gasteiger partial charge < -0.3 is 19.1 Å². The first-order valence-electron chi connectivity index (χ1n) is 11.6. The molecule has 0 radical (unpaired) electrons. The van der Waals surface area contributed by atoms with E-state index < -0.39 is 11.9 Å². The van der Waals surface area contributed by atoms with Gasteiger partial charge in [-0.15, -0.1) is 0 Å². The Morgan fingerprint density at radius 2 is 1.89 bits per heavy atom. The van der Waals surface area contributed by atoms with Crippen molar-refractivity contribution in [3.63, 3.8) is 0 Å². The minimum Gasteiger partial charge on any atom is -0.481 e. The molecule has 180 valence electrons. The second-order valence-corrected chi connectivity index (χ2v) is 9.69. The Balaban J connectivity index is 1.82. The molecule has 2 aromatic heterocycles. The van der Waals surface area contributed by atoms with E-state index in [4.69, 9.17) is 14.5 Å². The summed E-state index contributed by atoms with van der Waals surface area (Å²) in [5.74, 6) is -0.801. The predicted molar refractivity (Wildman–Crippen MR) is 136 cm³/mol. The van der Waals surface area contributed by atoms with Crippen molar-refractivity contribution >= 4 is 49.8 Å². The van der Waals surface area contributed by atoms with Crippen molar-refractivity contribution in [3.05, 3.63) is 70.2 Å². The van der Waals surface area contributed by atoms with Crippen molar-refractivity contribution in [1.29, 1.82) is 0 Å². The zero-order valence-corrected chi connectivity index (χ0v) is 20.8. The van der Waals surface area contributed by atoms with E-state index >= 15 is 0 Å². The van der Waals surface area contributed by atoms with Crippen LogP contribution >= 0.6 is 15.9 Å². The molecule has 1 atom stereocenters. The van der Waals surface area contributed by atoms with Crippen LogP contribution in [0.1, 0.15) is 36.9 Å². The number of carboxylic acids is 1. The third-order valence-corrected chi connectivity index (χ3v) is 7.06. The molecule has 0 bridgehead atoms. The number of ether oxygens (including phenoxy) is 2. The highest BCUT2D eigenvalue weighted by molar-refractivity contribution is 9.10. The summed E-state index contributed by atoms with van der Waals surface area (Å²) in [6, 6.07) is 18.0. The number of nitrogens with zero attached hydrogens (tertiary/aromatic N) is 2. The molecule has 5 rings (SSSR count). The molecule has 1 saturated heterocycles. The van der Waals surface area contributed by atoms with Crippen molar-refractivity contribution in [2.24, 2.45) is 5.92 Å². The van der Waals surface area contributed by atoms with Gasteiger partial charge in [0.15, 0.2) is 0 Å². The topological polar surface area (TPSA) is 90.6 Å². The first kappa shape index (κ1) is 23.5. The van der Waals surface area contributed by atoms with Gasteiger partial charge in [-0.05, 0) is 57.9 Å². The van der Waals surface area contributed by atoms with Crippen LogP contribution in [-0.4, -0.2) is 39.8 Å². The summed E-state index contributed by atoms with van der Waals surface area (Å²) >= 11 is 3.54. The standard InChI is InChI=1S/C27H25BrN2O5/c1-16(31)35-27-21(28)15-23-25(29-27)20-8-7-17(14-24(32)33)13-22(20)30(23)26(18-5-3-2-4-6-18)19-9-11-34-12-10-19/h2-8,13,15,19,26H,9-12,14H2,1H3,(H,32,33). The number of carbonyl (C=O) groups is 2. The fourth-order valence-corrected chi connectivity index (χ4v) is 5.44. The van der Waals surface area contributed by atoms with Gasteiger partial charge in [0, 0.05) is 25.5 Å². The number of halogens is 1. The molecule has 4 aromatic rings. The third kappa shape index (κ3) is 4.68. The number of aliphatic carboxylic acids is 1. The maximum Gasteiger partial charge on any atom is 0.309 e. The largest absolute Gasteiger partial charge is 0.481 e. The third-order valence-electron chi connectivity index (χ3n) is 6.49. The van der Waals surface area contributed by atoms with Gasteiger partial charge >= 0.3 is 11.9 Å². The highest BCUT2D eigenvalue weighted by Crippen LogP contribution is 2.42. The van der Waals surface area contributed by atoms with E-state index in [9.17, 15) is 14.7 Å². The molecule has 0 spiro atoms. The van der Waals surface area contributed by atoms with Gasteiger partial charge in [-0.2, -0.15) is 0 Å². The lowest BCUT2D eigenvalue weighted by Gasteiger charge is -2.33. The number of esters is 1. The maximum atomic E-state index is 11.7. The zero-order valence-electron chi connectivity index (χ0n) is 19.2. The Hall–Kier alpha value is -3.23. The van der Waals surface area contributed by atoms with Gasteiger partial charge in [0.05, 0.1) is 28.0 Å². The molecule has 1 N–H and O–H groups in total. The smallest absolute Gasteiger partial charge is 0.309 e. The lowest BCUT2D eigenvalue weighted by Crippen LogP contribution is -2.27. The maximum absolute atomic E-state index is 11.7. The lowest BCUT2D eigenvalue weighted by molar-refractivity contribution is -0.136. The fraction of sp³-hybridized carbons (Fsp3) is 0.296. The molecule has 0 saturated carbocycles. The summed E-state index contributed by atoms with van der Waals surface area (Å²) in [6.45, 7) is 2.75. The molecule has 3 heterocycles. The Morgan fingerprint density at radius 1 is 1.14 bits per heavy atom. The van der Waals surface area contributed by atoms with E-state index in [-0.39, 0.29) is 18.3 Å². The minimum atomic E-state index is -0.880. The SMILES string of the molecule is CC(=O)Oc1nc2c3ccc(CC(=O)O)cc3n(C(c3ccccc3)C3CCOCC3)c2cc1Br. The van der Waals surface area contributed by atoms with Crippen LogP contribution in [0.2, 0.25) is 0 Å². The Bertz CT molecular complexity index is 1410. The predicted octanol–water partition coefficient (Wildman–Crippen LogP) is 5.52. The number of rotatable bonds is 6. The minimum absolute atomic E-state index is 0.00606. The van der Waals surface area contributed by atoms with E-state index in [0.29, 0.717) is 34.7 Å². The van der Waals surface area contributed by atoms with Gasteiger partial charge in [-0.25, -0.2) is 4.98 Å². The number of hydrogen-bond acceptors (Lipinski definition) is 5. The second-order valence-electron chi connectivity index (χ2n) is 8.83. The fourth-order valence-electron chi connectivity index (χ4n) is 5.06. The van der Waals surface area contributed by atoms with Gasteiger partial charge in [0.1, 0.15) is 5.52 Å². The normalized spacial score (nSPS) is 15.4. The number of carboxylic acid groups (broad SMARTS) is 1. The van der Waals surface area contributed by atoms with E-state index in [2.05, 4.69) is 32.6 Å². The van der Waals surface area contributed by atoms with Crippen molar-refractivity contribution in [2.75, 3.05) is 13.2 Å². The van der Waals surface area contributed by atoms with Gasteiger partial charge in [0.2, 0.25) is 5.88 Å². The van der Waals surface area contributed by atoms with Crippen molar-refractivity contribution in [1.82, 2.24) is 9.55 Å². The summed E-state index contributed by atoms with van der Waals surface area (Å²) in [4.78, 5) is 27.9. The van der Waals surface area contributed by atoms with Gasteiger partial charge in [-0.1, -0.05) is 42.5 Å². The van der Waals surface area contributed by atoms with E-state index in [1.54, 1.807) is 0 Å². The molecule has 1 aliphatic rings. The number of fused-ring (bicyclic) bond motifs is 3. The summed E-state index contributed by atoms with van der Waals surface area (Å²) in [7, 11) is 0. The molecule has 7 nitrogen and oxygen atoms in total. The van der Waals surface area contributed by atoms with Crippen molar-refractivity contribution < 1.29 is 24.2 Å². The number of benzene rings is 2. The average Bonchev–Trinajstić information content (AvgIpc) is 3.12. The first-order valence-corrected chi connectivity index (χ1v) is 12.4. The van der Waals surface area contributed by atoms with E-state index in [1.807, 2.05) is 42.5 Å². The monoisotopic (exact) mass is 536 g/mol. The summed E-state index contributed by atoms with van der Waals surface area (Å²) < 4.78 is 13.9. The van der Waals surface area contributed by atoms with Crippen LogP contribution in [0.25, 0.3) is 21.9 Å². The Labute approximate surface area is 210 Å². The van der Waals surface area contributed by atoms with E-state index in [1.165, 1.54) is 12.5 Å². The molecule has 0 amide bonds. The molecule has 2 aromatic carbocycles.